The Balaban J connectivity index is 2.26. The van der Waals surface area contributed by atoms with Crippen LogP contribution in [-0.2, 0) is 4.79 Å². The molecule has 0 saturated carbocycles. The van der Waals surface area contributed by atoms with Crippen LogP contribution in [-0.4, -0.2) is 34.9 Å². The van der Waals surface area contributed by atoms with Crippen LogP contribution in [0.3, 0.4) is 0 Å². The molecule has 1 aromatic heterocycles. The van der Waals surface area contributed by atoms with Gasteiger partial charge in [0.25, 0.3) is 0 Å². The minimum atomic E-state index is 0.0453. The standard InChI is InChI=1S/C10H18N4OS2/c1-4-11-9-13-14-10(17-9)16-6-8(15)12-5-7(2)3/h7H,4-6H2,1-3H3,(H,11,13)(H,12,15). The molecule has 17 heavy (non-hydrogen) atoms. The van der Waals surface area contributed by atoms with Gasteiger partial charge in [-0.3, -0.25) is 4.79 Å². The molecule has 0 saturated heterocycles. The van der Waals surface area contributed by atoms with Crippen LogP contribution in [0.5, 0.6) is 0 Å². The molecule has 0 atom stereocenters. The molecule has 1 aromatic rings. The molecule has 5 nitrogen and oxygen atoms in total. The van der Waals surface area contributed by atoms with Gasteiger partial charge in [0.15, 0.2) is 4.34 Å². The van der Waals surface area contributed by atoms with E-state index in [9.17, 15) is 4.79 Å². The van der Waals surface area contributed by atoms with Gasteiger partial charge in [-0.15, -0.1) is 10.2 Å². The Bertz CT molecular complexity index is 354. The summed E-state index contributed by atoms with van der Waals surface area (Å²) in [7, 11) is 0. The van der Waals surface area contributed by atoms with E-state index in [2.05, 4.69) is 34.7 Å². The topological polar surface area (TPSA) is 66.9 Å². The van der Waals surface area contributed by atoms with Crippen LogP contribution >= 0.6 is 23.1 Å². The number of aromatic nitrogens is 2. The Kier molecular flexibility index (Phi) is 6.28. The zero-order chi connectivity index (χ0) is 12.7. The normalized spacial score (nSPS) is 10.6. The van der Waals surface area contributed by atoms with E-state index in [0.717, 1.165) is 22.6 Å². The largest absolute Gasteiger partial charge is 0.360 e. The van der Waals surface area contributed by atoms with Crippen molar-refractivity contribution in [1.29, 1.82) is 0 Å². The van der Waals surface area contributed by atoms with Crippen molar-refractivity contribution in [3.05, 3.63) is 0 Å². The Morgan fingerprint density at radius 3 is 2.88 bits per heavy atom. The number of carbonyl (C=O) groups is 1. The van der Waals surface area contributed by atoms with Gasteiger partial charge in [-0.2, -0.15) is 0 Å². The number of thioether (sulfide) groups is 1. The van der Waals surface area contributed by atoms with Gasteiger partial charge < -0.3 is 10.6 Å². The highest BCUT2D eigenvalue weighted by atomic mass is 32.2. The molecule has 0 fully saturated rings. The van der Waals surface area contributed by atoms with Crippen molar-refractivity contribution in [3.63, 3.8) is 0 Å². The Hall–Kier alpha value is -0.820. The van der Waals surface area contributed by atoms with Crippen molar-refractivity contribution in [1.82, 2.24) is 15.5 Å². The van der Waals surface area contributed by atoms with Gasteiger partial charge in [-0.05, 0) is 12.8 Å². The zero-order valence-electron chi connectivity index (χ0n) is 10.3. The van der Waals surface area contributed by atoms with Crippen LogP contribution < -0.4 is 10.6 Å². The predicted octanol–water partition coefficient (Wildman–Crippen LogP) is 1.83. The fraction of sp³-hybridized carbons (Fsp3) is 0.700. The molecule has 0 aliphatic heterocycles. The highest BCUT2D eigenvalue weighted by Gasteiger charge is 2.07. The summed E-state index contributed by atoms with van der Waals surface area (Å²) in [6.45, 7) is 7.70. The summed E-state index contributed by atoms with van der Waals surface area (Å²) in [5.41, 5.74) is 0. The Labute approximate surface area is 110 Å². The van der Waals surface area contributed by atoms with E-state index >= 15 is 0 Å². The molecule has 1 heterocycles. The van der Waals surface area contributed by atoms with Gasteiger partial charge in [-0.25, -0.2) is 0 Å². The van der Waals surface area contributed by atoms with E-state index in [1.54, 1.807) is 0 Å². The third-order valence-electron chi connectivity index (χ3n) is 1.77. The van der Waals surface area contributed by atoms with Gasteiger partial charge in [-0.1, -0.05) is 36.9 Å². The van der Waals surface area contributed by atoms with E-state index in [0.29, 0.717) is 11.7 Å². The summed E-state index contributed by atoms with van der Waals surface area (Å²) in [6.07, 6.45) is 0. The highest BCUT2D eigenvalue weighted by molar-refractivity contribution is 8.01. The Morgan fingerprint density at radius 1 is 1.47 bits per heavy atom. The van der Waals surface area contributed by atoms with Gasteiger partial charge in [0.05, 0.1) is 5.75 Å². The lowest BCUT2D eigenvalue weighted by atomic mass is 10.2. The number of anilines is 1. The first-order chi connectivity index (χ1) is 8.11. The number of nitrogens with zero attached hydrogens (tertiary/aromatic N) is 2. The van der Waals surface area contributed by atoms with Crippen molar-refractivity contribution in [3.8, 4) is 0 Å². The summed E-state index contributed by atoms with van der Waals surface area (Å²) in [5, 5.41) is 14.7. The van der Waals surface area contributed by atoms with Gasteiger partial charge in [0, 0.05) is 13.1 Å². The third kappa shape index (κ3) is 5.88. The molecule has 1 rings (SSSR count). The van der Waals surface area contributed by atoms with Crippen molar-refractivity contribution < 1.29 is 4.79 Å². The molecule has 7 heteroatoms. The van der Waals surface area contributed by atoms with Crippen LogP contribution in [0, 0.1) is 5.92 Å². The molecule has 2 N–H and O–H groups in total. The second kappa shape index (κ2) is 7.50. The number of nitrogens with one attached hydrogen (secondary N) is 2. The molecule has 1 amide bonds. The molecule has 0 radical (unpaired) electrons. The molecule has 0 aromatic carbocycles. The summed E-state index contributed by atoms with van der Waals surface area (Å²) >= 11 is 2.89. The first kappa shape index (κ1) is 14.2. The fourth-order valence-corrected chi connectivity index (χ4v) is 2.64. The molecule has 0 aliphatic rings. The average molecular weight is 274 g/mol. The molecule has 0 aliphatic carbocycles. The van der Waals surface area contributed by atoms with E-state index < -0.39 is 0 Å². The minimum Gasteiger partial charge on any atom is -0.360 e. The number of carbonyl (C=O) groups excluding carboxylic acids is 1. The van der Waals surface area contributed by atoms with Gasteiger partial charge in [0.2, 0.25) is 11.0 Å². The molecule has 96 valence electrons. The predicted molar refractivity (Wildman–Crippen MR) is 72.6 cm³/mol. The maximum absolute atomic E-state index is 11.5. The van der Waals surface area contributed by atoms with Crippen molar-refractivity contribution in [2.45, 2.75) is 25.1 Å². The highest BCUT2D eigenvalue weighted by Crippen LogP contribution is 2.24. The van der Waals surface area contributed by atoms with Crippen molar-refractivity contribution in [2.24, 2.45) is 5.92 Å². The first-order valence-electron chi connectivity index (χ1n) is 5.58. The van der Waals surface area contributed by atoms with Crippen molar-refractivity contribution in [2.75, 3.05) is 24.2 Å². The van der Waals surface area contributed by atoms with Crippen molar-refractivity contribution >= 4 is 34.1 Å². The molecule has 0 unspecified atom stereocenters. The summed E-state index contributed by atoms with van der Waals surface area (Å²) in [6, 6.07) is 0. The fourth-order valence-electron chi connectivity index (χ4n) is 0.987. The maximum Gasteiger partial charge on any atom is 0.230 e. The third-order valence-corrected chi connectivity index (χ3v) is 3.78. The first-order valence-corrected chi connectivity index (χ1v) is 7.39. The van der Waals surface area contributed by atoms with Gasteiger partial charge in [0.1, 0.15) is 0 Å². The van der Waals surface area contributed by atoms with Crippen LogP contribution in [0.25, 0.3) is 0 Å². The Morgan fingerprint density at radius 2 is 2.24 bits per heavy atom. The minimum absolute atomic E-state index is 0.0453. The lowest BCUT2D eigenvalue weighted by Gasteiger charge is -2.05. The number of amides is 1. The maximum atomic E-state index is 11.5. The number of hydrogen-bond donors (Lipinski definition) is 2. The van der Waals surface area contributed by atoms with E-state index in [1.807, 2.05) is 6.92 Å². The van der Waals surface area contributed by atoms with Gasteiger partial charge >= 0.3 is 0 Å². The van der Waals surface area contributed by atoms with E-state index in [1.165, 1.54) is 23.1 Å². The van der Waals surface area contributed by atoms with Crippen LogP contribution in [0.15, 0.2) is 4.34 Å². The average Bonchev–Trinajstić information content (AvgIpc) is 2.72. The quantitative estimate of drug-likeness (QED) is 0.743. The smallest absolute Gasteiger partial charge is 0.230 e. The van der Waals surface area contributed by atoms with Crippen LogP contribution in [0.4, 0.5) is 5.13 Å². The van der Waals surface area contributed by atoms with Crippen LogP contribution in [0.1, 0.15) is 20.8 Å². The van der Waals surface area contributed by atoms with E-state index in [4.69, 9.17) is 0 Å². The second-order valence-electron chi connectivity index (χ2n) is 3.89. The second-order valence-corrected chi connectivity index (χ2v) is 6.09. The SMILES string of the molecule is CCNc1nnc(SCC(=O)NCC(C)C)s1. The monoisotopic (exact) mass is 274 g/mol. The lowest BCUT2D eigenvalue weighted by molar-refractivity contribution is -0.118. The molecular weight excluding hydrogens is 256 g/mol. The summed E-state index contributed by atoms with van der Waals surface area (Å²) in [5.74, 6) is 0.919. The number of rotatable bonds is 7. The number of hydrogen-bond acceptors (Lipinski definition) is 6. The van der Waals surface area contributed by atoms with E-state index in [-0.39, 0.29) is 5.91 Å². The van der Waals surface area contributed by atoms with Crippen LogP contribution in [0.2, 0.25) is 0 Å². The zero-order valence-corrected chi connectivity index (χ0v) is 12.0. The lowest BCUT2D eigenvalue weighted by Crippen LogP contribution is -2.28. The molecule has 0 spiro atoms. The summed E-state index contributed by atoms with van der Waals surface area (Å²) in [4.78, 5) is 11.5. The molecular formula is C10H18N4OS2. The summed E-state index contributed by atoms with van der Waals surface area (Å²) < 4.78 is 0.820. The molecule has 0 bridgehead atoms.